The van der Waals surface area contributed by atoms with Gasteiger partial charge in [0.15, 0.2) is 0 Å². The van der Waals surface area contributed by atoms with E-state index in [1.165, 1.54) is 69.2 Å². The maximum absolute atomic E-state index is 7.34. The van der Waals surface area contributed by atoms with Crippen LogP contribution in [0.1, 0.15) is 0 Å². The van der Waals surface area contributed by atoms with E-state index >= 15 is 0 Å². The summed E-state index contributed by atoms with van der Waals surface area (Å²) < 4.78 is 16.4. The first-order valence-electron chi connectivity index (χ1n) is 21.5. The zero-order chi connectivity index (χ0) is 41.2. The van der Waals surface area contributed by atoms with E-state index in [2.05, 4.69) is 194 Å². The fourth-order valence-corrected chi connectivity index (χ4v) is 11.7. The predicted molar refractivity (Wildman–Crippen MR) is 267 cm³/mol. The quantitative estimate of drug-likeness (QED) is 0.162. The van der Waals surface area contributed by atoms with E-state index in [1.807, 2.05) is 23.5 Å². The highest BCUT2D eigenvalue weighted by Gasteiger charge is 2.27. The van der Waals surface area contributed by atoms with Gasteiger partial charge in [-0.25, -0.2) is 0 Å². The second-order valence-corrected chi connectivity index (χ2v) is 17.7. The highest BCUT2D eigenvalue weighted by atomic mass is 32.1. The van der Waals surface area contributed by atoms with Gasteiger partial charge in [0.05, 0.1) is 0 Å². The smallest absolute Gasteiger partial charge is 0.143 e. The summed E-state index contributed by atoms with van der Waals surface area (Å²) in [7, 11) is 0. The van der Waals surface area contributed by atoms with E-state index in [0.29, 0.717) is 0 Å². The number of hydrogen-bond donors (Lipinski definition) is 0. The van der Waals surface area contributed by atoms with Crippen molar-refractivity contribution in [2.45, 2.75) is 0 Å². The minimum absolute atomic E-state index is 0.854. The molecule has 0 saturated carbocycles. The zero-order valence-corrected chi connectivity index (χ0v) is 34.7. The molecule has 0 radical (unpaired) electrons. The normalized spacial score (nSPS) is 12.1. The van der Waals surface area contributed by atoms with Crippen LogP contribution in [0.4, 0.5) is 0 Å². The molecule has 11 aromatic carbocycles. The molecule has 63 heavy (non-hydrogen) atoms. The molecule has 0 amide bonds. The molecule has 0 N–H and O–H groups in total. The third-order valence-electron chi connectivity index (χ3n) is 13.3. The van der Waals surface area contributed by atoms with Crippen LogP contribution >= 0.6 is 11.3 Å². The number of rotatable bonds is 5. The Kier molecular flexibility index (Phi) is 7.30. The average Bonchev–Trinajstić information content (AvgIpc) is 4.06. The number of para-hydroxylation sites is 1. The summed E-state index contributed by atoms with van der Waals surface area (Å²) in [5, 5.41) is 13.5. The summed E-state index contributed by atoms with van der Waals surface area (Å²) in [6.07, 6.45) is 0. The van der Waals surface area contributed by atoms with Gasteiger partial charge < -0.3 is 8.83 Å². The number of fused-ring (bicyclic) bond motifs is 7. The van der Waals surface area contributed by atoms with Crippen LogP contribution in [0.15, 0.2) is 215 Å². The lowest BCUT2D eigenvalue weighted by Crippen LogP contribution is -1.91. The summed E-state index contributed by atoms with van der Waals surface area (Å²) in [5.74, 6) is 0.854. The molecule has 0 aliphatic rings. The molecule has 0 aliphatic heterocycles. The predicted octanol–water partition coefficient (Wildman–Crippen LogP) is 17.9. The van der Waals surface area contributed by atoms with Crippen molar-refractivity contribution in [2.24, 2.45) is 0 Å². The lowest BCUT2D eigenvalue weighted by molar-refractivity contribution is 0.633. The Morgan fingerprint density at radius 3 is 1.57 bits per heavy atom. The maximum Gasteiger partial charge on any atom is 0.143 e. The van der Waals surface area contributed by atoms with Crippen LogP contribution < -0.4 is 0 Å². The number of thiophene rings is 1. The van der Waals surface area contributed by atoms with Crippen molar-refractivity contribution in [1.29, 1.82) is 0 Å². The summed E-state index contributed by atoms with van der Waals surface area (Å²) >= 11 is 1.87. The van der Waals surface area contributed by atoms with Crippen LogP contribution in [-0.2, 0) is 0 Å². The molecular formula is C60H34O2S. The average molecular weight is 819 g/mol. The van der Waals surface area contributed by atoms with Crippen molar-refractivity contribution in [3.8, 4) is 55.8 Å². The number of benzene rings is 11. The van der Waals surface area contributed by atoms with Gasteiger partial charge in [-0.05, 0) is 96.0 Å². The summed E-state index contributed by atoms with van der Waals surface area (Å²) in [5.41, 5.74) is 12.8. The molecule has 3 heterocycles. The molecule has 3 heteroatoms. The van der Waals surface area contributed by atoms with Gasteiger partial charge in [0.1, 0.15) is 22.5 Å². The second kappa shape index (κ2) is 13.3. The Balaban J connectivity index is 1.09. The Labute approximate surface area is 365 Å². The van der Waals surface area contributed by atoms with Crippen LogP contribution in [0, 0.1) is 0 Å². The largest absolute Gasteiger partial charge is 0.456 e. The molecule has 0 spiro atoms. The Hall–Kier alpha value is -7.98. The minimum Gasteiger partial charge on any atom is -0.456 e. The molecule has 0 unspecified atom stereocenters. The lowest BCUT2D eigenvalue weighted by atomic mass is 9.84. The monoisotopic (exact) mass is 818 g/mol. The van der Waals surface area contributed by atoms with Crippen molar-refractivity contribution in [2.75, 3.05) is 0 Å². The summed E-state index contributed by atoms with van der Waals surface area (Å²) in [6, 6.07) is 74.8. The Bertz CT molecular complexity index is 4130. The summed E-state index contributed by atoms with van der Waals surface area (Å²) in [4.78, 5) is 0. The van der Waals surface area contributed by atoms with Crippen molar-refractivity contribution in [3.05, 3.63) is 206 Å². The van der Waals surface area contributed by atoms with Gasteiger partial charge in [0.2, 0.25) is 0 Å². The van der Waals surface area contributed by atoms with E-state index in [0.717, 1.165) is 72.0 Å². The molecule has 0 saturated heterocycles. The van der Waals surface area contributed by atoms with Gasteiger partial charge >= 0.3 is 0 Å². The SMILES string of the molecule is c1ccc(-c2oc3c(-c4cccc5oc6ccccc6c45)ccc(-c4ccc5ccc6c(-c7cccc8sc9ccccc9c78)ccc7ccc4c5c76)c3c2-c2ccccc2)cc1. The van der Waals surface area contributed by atoms with E-state index in [1.54, 1.807) is 0 Å². The first-order valence-corrected chi connectivity index (χ1v) is 22.3. The van der Waals surface area contributed by atoms with Crippen molar-refractivity contribution in [3.63, 3.8) is 0 Å². The van der Waals surface area contributed by atoms with Crippen molar-refractivity contribution >= 4 is 96.7 Å². The van der Waals surface area contributed by atoms with Crippen LogP contribution in [0.25, 0.3) is 141 Å². The third-order valence-corrected chi connectivity index (χ3v) is 14.4. The van der Waals surface area contributed by atoms with Crippen LogP contribution in [0.5, 0.6) is 0 Å². The van der Waals surface area contributed by atoms with E-state index in [4.69, 9.17) is 8.83 Å². The molecule has 0 fully saturated rings. The van der Waals surface area contributed by atoms with Gasteiger partial charge in [0, 0.05) is 53.0 Å². The molecule has 14 rings (SSSR count). The first kappa shape index (κ1) is 34.7. The topological polar surface area (TPSA) is 26.3 Å². The summed E-state index contributed by atoms with van der Waals surface area (Å²) in [6.45, 7) is 0. The highest BCUT2D eigenvalue weighted by Crippen LogP contribution is 2.52. The van der Waals surface area contributed by atoms with Crippen molar-refractivity contribution < 1.29 is 8.83 Å². The zero-order valence-electron chi connectivity index (χ0n) is 33.9. The van der Waals surface area contributed by atoms with Gasteiger partial charge in [0.25, 0.3) is 0 Å². The van der Waals surface area contributed by atoms with Crippen LogP contribution in [0.3, 0.4) is 0 Å². The first-order chi connectivity index (χ1) is 31.3. The number of hydrogen-bond acceptors (Lipinski definition) is 3. The molecule has 3 aromatic heterocycles. The fraction of sp³-hybridized carbons (Fsp3) is 0. The van der Waals surface area contributed by atoms with Crippen molar-refractivity contribution in [1.82, 2.24) is 0 Å². The highest BCUT2D eigenvalue weighted by molar-refractivity contribution is 7.26. The standard InChI is InChI=1S/C60H34O2S/c1-3-13-35(14-4-1)55-58-45(33-34-46(60(58)62-59(55)38-15-5-2-6-16-38)42-19-11-22-50-56(42)47-17-7-9-21-49(47)61-50)40-30-26-37-27-31-43-39(29-25-36-28-32-44(40)54(37)53(36)43)41-20-12-24-52-57(41)48-18-8-10-23-51(48)63-52/h1-34H. The van der Waals surface area contributed by atoms with Gasteiger partial charge in [-0.2, -0.15) is 0 Å². The Morgan fingerprint density at radius 2 is 0.825 bits per heavy atom. The maximum atomic E-state index is 7.34. The van der Waals surface area contributed by atoms with E-state index in [-0.39, 0.29) is 0 Å². The van der Waals surface area contributed by atoms with Gasteiger partial charge in [-0.15, -0.1) is 11.3 Å². The van der Waals surface area contributed by atoms with E-state index in [9.17, 15) is 0 Å². The number of furan rings is 2. The van der Waals surface area contributed by atoms with E-state index < -0.39 is 0 Å². The molecule has 0 bridgehead atoms. The van der Waals surface area contributed by atoms with Crippen LogP contribution in [0.2, 0.25) is 0 Å². The molecular weight excluding hydrogens is 785 g/mol. The molecule has 14 aromatic rings. The molecule has 0 aliphatic carbocycles. The molecule has 292 valence electrons. The fourth-order valence-electron chi connectivity index (χ4n) is 10.6. The minimum atomic E-state index is 0.854. The Morgan fingerprint density at radius 1 is 0.286 bits per heavy atom. The van der Waals surface area contributed by atoms with Gasteiger partial charge in [-0.1, -0.05) is 176 Å². The molecule has 2 nitrogen and oxygen atoms in total. The lowest BCUT2D eigenvalue weighted by Gasteiger charge is -2.18. The van der Waals surface area contributed by atoms with Crippen LogP contribution in [-0.4, -0.2) is 0 Å². The second-order valence-electron chi connectivity index (χ2n) is 16.6. The molecule has 0 atom stereocenters. The third kappa shape index (κ3) is 5.00. The van der Waals surface area contributed by atoms with Gasteiger partial charge in [-0.3, -0.25) is 0 Å².